The molecular formula is C13H14BrFN4. The van der Waals surface area contributed by atoms with E-state index in [0.717, 1.165) is 22.3 Å². The van der Waals surface area contributed by atoms with Crippen LogP contribution in [0.15, 0.2) is 29.0 Å². The molecule has 0 atom stereocenters. The Labute approximate surface area is 119 Å². The molecule has 1 aromatic heterocycles. The van der Waals surface area contributed by atoms with E-state index >= 15 is 0 Å². The minimum absolute atomic E-state index is 0.299. The number of halogens is 2. The van der Waals surface area contributed by atoms with E-state index in [1.807, 2.05) is 14.0 Å². The number of benzene rings is 1. The number of aromatic nitrogens is 2. The van der Waals surface area contributed by atoms with Crippen LogP contribution >= 0.6 is 15.9 Å². The van der Waals surface area contributed by atoms with E-state index in [4.69, 9.17) is 0 Å². The predicted molar refractivity (Wildman–Crippen MR) is 78.3 cm³/mol. The fourth-order valence-corrected chi connectivity index (χ4v) is 2.14. The van der Waals surface area contributed by atoms with Gasteiger partial charge in [-0.1, -0.05) is 6.92 Å². The number of nitrogens with zero attached hydrogens (tertiary/aromatic N) is 2. The lowest BCUT2D eigenvalue weighted by molar-refractivity contribution is 0.628. The fourth-order valence-electron chi connectivity index (χ4n) is 1.79. The second-order valence-corrected chi connectivity index (χ2v) is 4.76. The second-order valence-electron chi connectivity index (χ2n) is 3.90. The first-order valence-electron chi connectivity index (χ1n) is 5.89. The Kier molecular flexibility index (Phi) is 4.31. The molecule has 0 saturated heterocycles. The molecular weight excluding hydrogens is 311 g/mol. The maximum Gasteiger partial charge on any atom is 0.139 e. The zero-order chi connectivity index (χ0) is 13.8. The van der Waals surface area contributed by atoms with Crippen LogP contribution in [0.4, 0.5) is 21.7 Å². The Bertz CT molecular complexity index is 589. The summed E-state index contributed by atoms with van der Waals surface area (Å²) in [7, 11) is 1.81. The van der Waals surface area contributed by atoms with Crippen molar-refractivity contribution in [2.24, 2.45) is 0 Å². The van der Waals surface area contributed by atoms with Gasteiger partial charge in [0.1, 0.15) is 23.8 Å². The molecule has 0 aliphatic rings. The Morgan fingerprint density at radius 3 is 2.68 bits per heavy atom. The van der Waals surface area contributed by atoms with Crippen molar-refractivity contribution in [2.75, 3.05) is 17.7 Å². The zero-order valence-corrected chi connectivity index (χ0v) is 12.3. The third-order valence-corrected chi connectivity index (χ3v) is 3.41. The van der Waals surface area contributed by atoms with E-state index in [0.29, 0.717) is 11.5 Å². The summed E-state index contributed by atoms with van der Waals surface area (Å²) < 4.78 is 14.1. The molecule has 2 N–H and O–H groups in total. The first-order chi connectivity index (χ1) is 9.15. The Hall–Kier alpha value is -1.69. The van der Waals surface area contributed by atoms with E-state index in [1.165, 1.54) is 18.5 Å². The van der Waals surface area contributed by atoms with Gasteiger partial charge in [-0.2, -0.15) is 0 Å². The monoisotopic (exact) mass is 324 g/mol. The van der Waals surface area contributed by atoms with Crippen LogP contribution in [-0.2, 0) is 6.42 Å². The molecule has 19 heavy (non-hydrogen) atoms. The summed E-state index contributed by atoms with van der Waals surface area (Å²) in [6.45, 7) is 2.02. The summed E-state index contributed by atoms with van der Waals surface area (Å²) in [5.41, 5.74) is 1.59. The van der Waals surface area contributed by atoms with E-state index < -0.39 is 0 Å². The Morgan fingerprint density at radius 2 is 2.00 bits per heavy atom. The normalized spacial score (nSPS) is 10.3. The highest BCUT2D eigenvalue weighted by Gasteiger charge is 2.10. The number of nitrogens with one attached hydrogen (secondary N) is 2. The van der Waals surface area contributed by atoms with Crippen LogP contribution in [0.3, 0.4) is 0 Å². The average Bonchev–Trinajstić information content (AvgIpc) is 2.42. The molecule has 0 aliphatic heterocycles. The topological polar surface area (TPSA) is 49.8 Å². The molecule has 4 nitrogen and oxygen atoms in total. The molecule has 0 fully saturated rings. The maximum absolute atomic E-state index is 13.3. The molecule has 0 saturated carbocycles. The Balaban J connectivity index is 2.40. The van der Waals surface area contributed by atoms with Gasteiger partial charge < -0.3 is 10.6 Å². The van der Waals surface area contributed by atoms with Crippen molar-refractivity contribution in [2.45, 2.75) is 13.3 Å². The fraction of sp³-hybridized carbons (Fsp3) is 0.231. The summed E-state index contributed by atoms with van der Waals surface area (Å²) in [6.07, 6.45) is 2.24. The molecule has 0 spiro atoms. The van der Waals surface area contributed by atoms with Crippen LogP contribution in [0, 0.1) is 5.82 Å². The van der Waals surface area contributed by atoms with Gasteiger partial charge in [0.2, 0.25) is 0 Å². The average molecular weight is 325 g/mol. The van der Waals surface area contributed by atoms with Crippen LogP contribution in [0.5, 0.6) is 0 Å². The predicted octanol–water partition coefficient (Wildman–Crippen LogP) is 3.73. The van der Waals surface area contributed by atoms with E-state index in [2.05, 4.69) is 36.5 Å². The quantitative estimate of drug-likeness (QED) is 0.899. The summed E-state index contributed by atoms with van der Waals surface area (Å²) in [4.78, 5) is 8.38. The van der Waals surface area contributed by atoms with Gasteiger partial charge in [-0.3, -0.25) is 0 Å². The molecule has 0 unspecified atom stereocenters. The second kappa shape index (κ2) is 5.97. The molecule has 2 rings (SSSR count). The molecule has 100 valence electrons. The third kappa shape index (κ3) is 3.01. The van der Waals surface area contributed by atoms with Crippen molar-refractivity contribution >= 4 is 33.3 Å². The number of hydrogen-bond acceptors (Lipinski definition) is 4. The van der Waals surface area contributed by atoms with Crippen molar-refractivity contribution in [3.63, 3.8) is 0 Å². The molecule has 1 heterocycles. The number of anilines is 3. The first kappa shape index (κ1) is 13.7. The summed E-state index contributed by atoms with van der Waals surface area (Å²) >= 11 is 3.38. The molecule has 2 aromatic rings. The largest absolute Gasteiger partial charge is 0.373 e. The minimum Gasteiger partial charge on any atom is -0.373 e. The van der Waals surface area contributed by atoms with Gasteiger partial charge in [0, 0.05) is 17.1 Å². The molecule has 1 aromatic carbocycles. The highest BCUT2D eigenvalue weighted by molar-refractivity contribution is 9.10. The molecule has 6 heteroatoms. The highest BCUT2D eigenvalue weighted by Crippen LogP contribution is 2.29. The Morgan fingerprint density at radius 1 is 1.26 bits per heavy atom. The van der Waals surface area contributed by atoms with Gasteiger partial charge in [0.15, 0.2) is 0 Å². The smallest absolute Gasteiger partial charge is 0.139 e. The summed E-state index contributed by atoms with van der Waals surface area (Å²) in [5.74, 6) is 1.15. The van der Waals surface area contributed by atoms with Crippen molar-refractivity contribution in [1.29, 1.82) is 0 Å². The van der Waals surface area contributed by atoms with Crippen LogP contribution < -0.4 is 10.6 Å². The standard InChI is InChI=1S/C13H14BrFN4/c1-3-9-12(16-2)17-7-18-13(9)19-11-6-8(15)4-5-10(11)14/h4-7H,3H2,1-2H3,(H2,16,17,18,19). The lowest BCUT2D eigenvalue weighted by atomic mass is 10.2. The summed E-state index contributed by atoms with van der Waals surface area (Å²) in [6, 6.07) is 4.48. The van der Waals surface area contributed by atoms with Gasteiger partial charge in [0.05, 0.1) is 5.69 Å². The summed E-state index contributed by atoms with van der Waals surface area (Å²) in [5, 5.41) is 6.15. The lowest BCUT2D eigenvalue weighted by Crippen LogP contribution is -2.05. The van der Waals surface area contributed by atoms with E-state index in [1.54, 1.807) is 6.07 Å². The van der Waals surface area contributed by atoms with Crippen molar-refractivity contribution in [3.05, 3.63) is 40.4 Å². The SMILES string of the molecule is CCc1c(NC)ncnc1Nc1cc(F)ccc1Br. The number of rotatable bonds is 4. The van der Waals surface area contributed by atoms with Crippen LogP contribution in [0.2, 0.25) is 0 Å². The van der Waals surface area contributed by atoms with Gasteiger partial charge in [-0.15, -0.1) is 0 Å². The minimum atomic E-state index is -0.299. The first-order valence-corrected chi connectivity index (χ1v) is 6.68. The van der Waals surface area contributed by atoms with Gasteiger partial charge in [-0.25, -0.2) is 14.4 Å². The van der Waals surface area contributed by atoms with Crippen molar-refractivity contribution in [1.82, 2.24) is 9.97 Å². The van der Waals surface area contributed by atoms with E-state index in [9.17, 15) is 4.39 Å². The third-order valence-electron chi connectivity index (χ3n) is 2.72. The molecule has 0 aliphatic carbocycles. The zero-order valence-electron chi connectivity index (χ0n) is 10.7. The van der Waals surface area contributed by atoms with Gasteiger partial charge >= 0.3 is 0 Å². The maximum atomic E-state index is 13.3. The van der Waals surface area contributed by atoms with Crippen molar-refractivity contribution in [3.8, 4) is 0 Å². The molecule has 0 radical (unpaired) electrons. The van der Waals surface area contributed by atoms with Crippen molar-refractivity contribution < 1.29 is 4.39 Å². The van der Waals surface area contributed by atoms with Crippen LogP contribution in [0.25, 0.3) is 0 Å². The van der Waals surface area contributed by atoms with Gasteiger partial charge in [0.25, 0.3) is 0 Å². The molecule has 0 amide bonds. The number of hydrogen-bond donors (Lipinski definition) is 2. The van der Waals surface area contributed by atoms with E-state index in [-0.39, 0.29) is 5.82 Å². The highest BCUT2D eigenvalue weighted by atomic mass is 79.9. The lowest BCUT2D eigenvalue weighted by Gasteiger charge is -2.13. The van der Waals surface area contributed by atoms with Gasteiger partial charge in [-0.05, 0) is 40.5 Å². The van der Waals surface area contributed by atoms with Crippen LogP contribution in [-0.4, -0.2) is 17.0 Å². The van der Waals surface area contributed by atoms with Crippen LogP contribution in [0.1, 0.15) is 12.5 Å². The molecule has 0 bridgehead atoms.